The summed E-state index contributed by atoms with van der Waals surface area (Å²) in [6.07, 6.45) is 0. The Morgan fingerprint density at radius 3 is 2.59 bits per heavy atom. The van der Waals surface area contributed by atoms with Crippen LogP contribution in [0.25, 0.3) is 10.8 Å². The van der Waals surface area contributed by atoms with Crippen molar-refractivity contribution in [3.05, 3.63) is 42.0 Å². The number of hydrogen-bond donors (Lipinski definition) is 0. The number of benzene rings is 2. The summed E-state index contributed by atoms with van der Waals surface area (Å²) >= 11 is 0. The molecule has 0 aliphatic carbocycles. The molecule has 0 spiro atoms. The summed E-state index contributed by atoms with van der Waals surface area (Å²) < 4.78 is 5.31. The number of ether oxygens (including phenoxy) is 1. The third-order valence-electron chi connectivity index (χ3n) is 2.52. The summed E-state index contributed by atoms with van der Waals surface area (Å²) in [5.41, 5.74) is 4.36. The largest absolute Gasteiger partial charge is 0.497 e. The van der Waals surface area contributed by atoms with Crippen molar-refractivity contribution >= 4 is 19.6 Å². The van der Waals surface area contributed by atoms with Gasteiger partial charge >= 0.3 is 0 Å². The van der Waals surface area contributed by atoms with Crippen LogP contribution in [0.4, 0.5) is 0 Å². The van der Waals surface area contributed by atoms with E-state index in [0.717, 1.165) is 11.3 Å². The second-order valence-corrected chi connectivity index (χ2v) is 6.40. The summed E-state index contributed by atoms with van der Waals surface area (Å²) in [7, 11) is 1.17. The van der Waals surface area contributed by atoms with E-state index in [1.807, 2.05) is 24.3 Å². The normalized spacial score (nSPS) is 10.1. The molecule has 0 aliphatic rings. The van der Waals surface area contributed by atoms with Gasteiger partial charge in [-0.1, -0.05) is 43.3 Å². The van der Waals surface area contributed by atoms with Crippen molar-refractivity contribution in [3.8, 4) is 17.2 Å². The SMILES string of the molecule is COc1cc(C#C[Si](C)C)c2ccccc2c1. The minimum absolute atomic E-state index is 0.521. The molecule has 0 bridgehead atoms. The van der Waals surface area contributed by atoms with E-state index in [-0.39, 0.29) is 0 Å². The molecule has 0 unspecified atom stereocenters. The van der Waals surface area contributed by atoms with Gasteiger partial charge in [-0.2, -0.15) is 0 Å². The molecule has 0 heterocycles. The Labute approximate surface area is 104 Å². The molecule has 0 atom stereocenters. The Morgan fingerprint density at radius 1 is 1.12 bits per heavy atom. The maximum absolute atomic E-state index is 5.31. The van der Waals surface area contributed by atoms with Gasteiger partial charge in [-0.15, -0.1) is 5.54 Å². The quantitative estimate of drug-likeness (QED) is 0.547. The first-order valence-electron chi connectivity index (χ1n) is 5.59. The van der Waals surface area contributed by atoms with Crippen LogP contribution >= 0.6 is 0 Å². The molecule has 1 nitrogen and oxygen atoms in total. The molecule has 1 radical (unpaired) electrons. The highest BCUT2D eigenvalue weighted by Gasteiger charge is 2.02. The molecule has 2 aromatic carbocycles. The van der Waals surface area contributed by atoms with E-state index in [0.29, 0.717) is 0 Å². The van der Waals surface area contributed by atoms with Gasteiger partial charge in [0.05, 0.1) is 7.11 Å². The van der Waals surface area contributed by atoms with E-state index < -0.39 is 8.80 Å². The summed E-state index contributed by atoms with van der Waals surface area (Å²) in [4.78, 5) is 0. The fourth-order valence-electron chi connectivity index (χ4n) is 1.70. The van der Waals surface area contributed by atoms with Crippen molar-refractivity contribution in [1.29, 1.82) is 0 Å². The van der Waals surface area contributed by atoms with Gasteiger partial charge in [0.25, 0.3) is 0 Å². The highest BCUT2D eigenvalue weighted by molar-refractivity contribution is 6.64. The van der Waals surface area contributed by atoms with Crippen LogP contribution in [-0.2, 0) is 0 Å². The zero-order valence-corrected chi connectivity index (χ0v) is 11.4. The molecule has 0 aromatic heterocycles. The van der Waals surface area contributed by atoms with Crippen molar-refractivity contribution in [2.45, 2.75) is 13.1 Å². The van der Waals surface area contributed by atoms with E-state index >= 15 is 0 Å². The Morgan fingerprint density at radius 2 is 1.88 bits per heavy atom. The molecule has 0 saturated carbocycles. The number of hydrogen-bond acceptors (Lipinski definition) is 1. The van der Waals surface area contributed by atoms with E-state index in [1.165, 1.54) is 10.8 Å². The lowest BCUT2D eigenvalue weighted by molar-refractivity contribution is 0.415. The lowest BCUT2D eigenvalue weighted by atomic mass is 10.0. The van der Waals surface area contributed by atoms with E-state index in [4.69, 9.17) is 4.74 Å². The van der Waals surface area contributed by atoms with Crippen LogP contribution in [0.15, 0.2) is 36.4 Å². The van der Waals surface area contributed by atoms with Gasteiger partial charge in [0, 0.05) is 5.56 Å². The Hall–Kier alpha value is -1.72. The van der Waals surface area contributed by atoms with Crippen molar-refractivity contribution in [2.75, 3.05) is 7.11 Å². The molecule has 0 saturated heterocycles. The molecular weight excluding hydrogens is 224 g/mol. The smallest absolute Gasteiger partial charge is 0.138 e. The van der Waals surface area contributed by atoms with Gasteiger partial charge in [0.2, 0.25) is 0 Å². The monoisotopic (exact) mass is 239 g/mol. The highest BCUT2D eigenvalue weighted by atomic mass is 28.3. The Kier molecular flexibility index (Phi) is 3.51. The van der Waals surface area contributed by atoms with Crippen LogP contribution in [-0.4, -0.2) is 15.9 Å². The first-order valence-corrected chi connectivity index (χ1v) is 8.09. The van der Waals surface area contributed by atoms with Gasteiger partial charge in [-0.3, -0.25) is 0 Å². The van der Waals surface area contributed by atoms with E-state index in [9.17, 15) is 0 Å². The second-order valence-electron chi connectivity index (χ2n) is 4.15. The summed E-state index contributed by atoms with van der Waals surface area (Å²) in [6.45, 7) is 4.39. The van der Waals surface area contributed by atoms with E-state index in [2.05, 4.69) is 36.7 Å². The fraction of sp³-hybridized carbons (Fsp3) is 0.200. The van der Waals surface area contributed by atoms with Crippen LogP contribution in [0, 0.1) is 11.5 Å². The summed E-state index contributed by atoms with van der Waals surface area (Å²) in [5.74, 6) is 4.15. The second kappa shape index (κ2) is 5.07. The molecular formula is C15H15OSi. The van der Waals surface area contributed by atoms with Crippen LogP contribution in [0.2, 0.25) is 13.1 Å². The predicted molar refractivity (Wildman–Crippen MR) is 74.9 cm³/mol. The van der Waals surface area contributed by atoms with Crippen molar-refractivity contribution in [1.82, 2.24) is 0 Å². The number of rotatable bonds is 1. The predicted octanol–water partition coefficient (Wildman–Crippen LogP) is 3.49. The summed E-state index contributed by atoms with van der Waals surface area (Å²) in [5, 5.41) is 2.38. The van der Waals surface area contributed by atoms with Crippen LogP contribution in [0.3, 0.4) is 0 Å². The maximum atomic E-state index is 5.31. The molecule has 0 N–H and O–H groups in total. The van der Waals surface area contributed by atoms with Gasteiger partial charge < -0.3 is 4.74 Å². The molecule has 2 aromatic rings. The van der Waals surface area contributed by atoms with Gasteiger partial charge in [0.1, 0.15) is 14.5 Å². The molecule has 2 rings (SSSR count). The standard InChI is InChI=1S/C15H15OSi/c1-16-14-10-12-6-4-5-7-15(12)13(11-14)8-9-17(2)3/h4-7,10-11H,1-3H3. The molecule has 17 heavy (non-hydrogen) atoms. The number of fused-ring (bicyclic) bond motifs is 1. The van der Waals surface area contributed by atoms with E-state index in [1.54, 1.807) is 7.11 Å². The lowest BCUT2D eigenvalue weighted by Crippen LogP contribution is -1.94. The zero-order chi connectivity index (χ0) is 12.3. The van der Waals surface area contributed by atoms with Crippen molar-refractivity contribution < 1.29 is 4.74 Å². The number of methoxy groups -OCH3 is 1. The first kappa shape index (κ1) is 11.8. The van der Waals surface area contributed by atoms with Gasteiger partial charge in [-0.25, -0.2) is 0 Å². The molecule has 0 fully saturated rings. The fourth-order valence-corrected chi connectivity index (χ4v) is 2.08. The lowest BCUT2D eigenvalue weighted by Gasteiger charge is -2.05. The molecule has 2 heteroatoms. The third-order valence-corrected chi connectivity index (χ3v) is 3.14. The van der Waals surface area contributed by atoms with Crippen molar-refractivity contribution in [3.63, 3.8) is 0 Å². The van der Waals surface area contributed by atoms with Gasteiger partial charge in [0.15, 0.2) is 0 Å². The average molecular weight is 239 g/mol. The zero-order valence-electron chi connectivity index (χ0n) is 10.4. The molecule has 0 amide bonds. The summed E-state index contributed by atoms with van der Waals surface area (Å²) in [6, 6.07) is 12.3. The van der Waals surface area contributed by atoms with Crippen LogP contribution < -0.4 is 4.74 Å². The van der Waals surface area contributed by atoms with Crippen LogP contribution in [0.5, 0.6) is 5.75 Å². The van der Waals surface area contributed by atoms with Gasteiger partial charge in [-0.05, 0) is 22.9 Å². The van der Waals surface area contributed by atoms with Crippen molar-refractivity contribution in [2.24, 2.45) is 0 Å². The Bertz CT molecular complexity index is 591. The van der Waals surface area contributed by atoms with Crippen LogP contribution in [0.1, 0.15) is 5.56 Å². The third kappa shape index (κ3) is 2.69. The topological polar surface area (TPSA) is 9.23 Å². The molecule has 0 aliphatic heterocycles. The average Bonchev–Trinajstić information content (AvgIpc) is 2.35. The minimum atomic E-state index is -0.521. The minimum Gasteiger partial charge on any atom is -0.497 e. The first-order chi connectivity index (χ1) is 8.20. The highest BCUT2D eigenvalue weighted by Crippen LogP contribution is 2.24. The maximum Gasteiger partial charge on any atom is 0.138 e. The molecule has 85 valence electrons. The Balaban J connectivity index is 2.64.